The molecule has 20 heavy (non-hydrogen) atoms. The van der Waals surface area contributed by atoms with Crippen LogP contribution in [0.3, 0.4) is 0 Å². The average molecular weight is 292 g/mol. The van der Waals surface area contributed by atoms with Crippen molar-refractivity contribution in [1.82, 2.24) is 15.3 Å². The van der Waals surface area contributed by atoms with Gasteiger partial charge in [-0.05, 0) is 11.6 Å². The van der Waals surface area contributed by atoms with E-state index in [1.807, 2.05) is 24.3 Å². The van der Waals surface area contributed by atoms with Gasteiger partial charge in [-0.2, -0.15) is 0 Å². The van der Waals surface area contributed by atoms with Gasteiger partial charge in [0.2, 0.25) is 0 Å². The highest BCUT2D eigenvalue weighted by atomic mass is 35.5. The van der Waals surface area contributed by atoms with Crippen LogP contribution >= 0.6 is 11.6 Å². The molecule has 1 aromatic carbocycles. The van der Waals surface area contributed by atoms with Crippen molar-refractivity contribution in [3.05, 3.63) is 62.8 Å². The van der Waals surface area contributed by atoms with E-state index in [0.717, 1.165) is 11.3 Å². The van der Waals surface area contributed by atoms with Gasteiger partial charge in [0, 0.05) is 30.1 Å². The number of nitrogens with zero attached hydrogens (tertiary/aromatic N) is 1. The van der Waals surface area contributed by atoms with Crippen molar-refractivity contribution in [2.24, 2.45) is 0 Å². The molecule has 0 atom stereocenters. The molecule has 4 nitrogen and oxygen atoms in total. The summed E-state index contributed by atoms with van der Waals surface area (Å²) in [5.41, 5.74) is 1.55. The van der Waals surface area contributed by atoms with Crippen LogP contribution in [0.5, 0.6) is 0 Å². The number of benzene rings is 1. The monoisotopic (exact) mass is 291 g/mol. The van der Waals surface area contributed by atoms with Gasteiger partial charge in [0.25, 0.3) is 5.56 Å². The summed E-state index contributed by atoms with van der Waals surface area (Å²) < 4.78 is 0. The van der Waals surface area contributed by atoms with Gasteiger partial charge in [-0.25, -0.2) is 4.98 Å². The van der Waals surface area contributed by atoms with E-state index in [0.29, 0.717) is 29.9 Å². The molecule has 0 spiro atoms. The molecule has 106 valence electrons. The highest BCUT2D eigenvalue weighted by Crippen LogP contribution is 2.17. The van der Waals surface area contributed by atoms with Crippen molar-refractivity contribution < 1.29 is 0 Å². The Morgan fingerprint density at radius 2 is 2.10 bits per heavy atom. The van der Waals surface area contributed by atoms with Gasteiger partial charge in [-0.15, -0.1) is 0 Å². The first-order valence-electron chi connectivity index (χ1n) is 6.60. The molecule has 0 fully saturated rings. The van der Waals surface area contributed by atoms with Crippen molar-refractivity contribution in [3.8, 4) is 0 Å². The Labute approximate surface area is 123 Å². The molecule has 1 heterocycles. The maximum atomic E-state index is 11.7. The first kappa shape index (κ1) is 14.8. The normalized spacial score (nSPS) is 11.0. The fourth-order valence-electron chi connectivity index (χ4n) is 1.87. The lowest BCUT2D eigenvalue weighted by atomic mass is 10.1. The van der Waals surface area contributed by atoms with Crippen LogP contribution in [0, 0.1) is 0 Å². The highest BCUT2D eigenvalue weighted by Gasteiger charge is 2.06. The second-order valence-corrected chi connectivity index (χ2v) is 5.39. The molecule has 0 aliphatic rings. The van der Waals surface area contributed by atoms with Crippen molar-refractivity contribution in [2.45, 2.75) is 32.9 Å². The Bertz CT molecular complexity index is 637. The van der Waals surface area contributed by atoms with E-state index in [1.54, 1.807) is 0 Å². The standard InChI is InChI=1S/C15H18ClN3O/c1-10(2)17-9-12-8-15(20)19-14(18-12)7-11-5-3-4-6-13(11)16/h3-6,8,10,17H,7,9H2,1-2H3,(H,18,19,20). The molecule has 0 saturated heterocycles. The lowest BCUT2D eigenvalue weighted by Gasteiger charge is -2.09. The van der Waals surface area contributed by atoms with Crippen molar-refractivity contribution in [2.75, 3.05) is 0 Å². The van der Waals surface area contributed by atoms with E-state index in [1.165, 1.54) is 6.07 Å². The molecule has 0 unspecified atom stereocenters. The average Bonchev–Trinajstić information content (AvgIpc) is 2.38. The molecule has 0 bridgehead atoms. The van der Waals surface area contributed by atoms with Gasteiger partial charge in [-0.3, -0.25) is 4.79 Å². The predicted molar refractivity (Wildman–Crippen MR) is 81.1 cm³/mol. The zero-order chi connectivity index (χ0) is 14.5. The summed E-state index contributed by atoms with van der Waals surface area (Å²) in [4.78, 5) is 18.9. The number of H-pyrrole nitrogens is 1. The van der Waals surface area contributed by atoms with Gasteiger partial charge >= 0.3 is 0 Å². The Kier molecular flexibility index (Phi) is 4.93. The maximum Gasteiger partial charge on any atom is 0.251 e. The molecule has 2 N–H and O–H groups in total. The zero-order valence-corrected chi connectivity index (χ0v) is 12.4. The van der Waals surface area contributed by atoms with Crippen molar-refractivity contribution in [1.29, 1.82) is 0 Å². The number of aromatic nitrogens is 2. The number of aromatic amines is 1. The van der Waals surface area contributed by atoms with Crippen LogP contribution in [0.2, 0.25) is 5.02 Å². The number of hydrogen-bond acceptors (Lipinski definition) is 3. The number of nitrogens with one attached hydrogen (secondary N) is 2. The molecule has 0 radical (unpaired) electrons. The summed E-state index contributed by atoms with van der Waals surface area (Å²) in [7, 11) is 0. The third-order valence-corrected chi connectivity index (χ3v) is 3.22. The number of halogens is 1. The van der Waals surface area contributed by atoms with E-state index in [9.17, 15) is 4.79 Å². The van der Waals surface area contributed by atoms with Crippen LogP contribution in [0.1, 0.15) is 30.9 Å². The summed E-state index contributed by atoms with van der Waals surface area (Å²) in [6.45, 7) is 4.69. The quantitative estimate of drug-likeness (QED) is 0.890. The molecule has 0 aliphatic heterocycles. The van der Waals surface area contributed by atoms with Gasteiger partial charge in [-0.1, -0.05) is 43.6 Å². The second-order valence-electron chi connectivity index (χ2n) is 4.99. The molecule has 0 saturated carbocycles. The maximum absolute atomic E-state index is 11.7. The highest BCUT2D eigenvalue weighted by molar-refractivity contribution is 6.31. The topological polar surface area (TPSA) is 57.8 Å². The zero-order valence-electron chi connectivity index (χ0n) is 11.6. The van der Waals surface area contributed by atoms with E-state index in [2.05, 4.69) is 29.1 Å². The second kappa shape index (κ2) is 6.68. The minimum atomic E-state index is -0.136. The Morgan fingerprint density at radius 1 is 1.35 bits per heavy atom. The minimum Gasteiger partial charge on any atom is -0.310 e. The molecule has 2 rings (SSSR count). The molecular formula is C15H18ClN3O. The number of rotatable bonds is 5. The van der Waals surface area contributed by atoms with Crippen LogP contribution in [0.4, 0.5) is 0 Å². The van der Waals surface area contributed by atoms with Crippen LogP contribution in [0.25, 0.3) is 0 Å². The Hall–Kier alpha value is -1.65. The van der Waals surface area contributed by atoms with Crippen LogP contribution in [-0.4, -0.2) is 16.0 Å². The summed E-state index contributed by atoms with van der Waals surface area (Å²) in [6, 6.07) is 9.43. The van der Waals surface area contributed by atoms with E-state index in [-0.39, 0.29) is 5.56 Å². The first-order valence-corrected chi connectivity index (χ1v) is 6.98. The molecule has 0 aliphatic carbocycles. The fourth-order valence-corrected chi connectivity index (χ4v) is 2.07. The molecule has 1 aromatic heterocycles. The van der Waals surface area contributed by atoms with E-state index < -0.39 is 0 Å². The summed E-state index contributed by atoms with van der Waals surface area (Å²) in [5, 5.41) is 3.93. The smallest absolute Gasteiger partial charge is 0.251 e. The predicted octanol–water partition coefficient (Wildman–Crippen LogP) is 2.51. The third kappa shape index (κ3) is 4.18. The number of hydrogen-bond donors (Lipinski definition) is 2. The SMILES string of the molecule is CC(C)NCc1cc(=O)[nH]c(Cc2ccccc2Cl)n1. The van der Waals surface area contributed by atoms with Gasteiger partial charge in [0.05, 0.1) is 5.69 Å². The summed E-state index contributed by atoms with van der Waals surface area (Å²) >= 11 is 6.12. The van der Waals surface area contributed by atoms with Crippen LogP contribution in [0.15, 0.2) is 35.1 Å². The Balaban J connectivity index is 2.20. The molecule has 2 aromatic rings. The molecular weight excluding hydrogens is 274 g/mol. The van der Waals surface area contributed by atoms with Gasteiger partial charge < -0.3 is 10.3 Å². The summed E-state index contributed by atoms with van der Waals surface area (Å²) in [5.74, 6) is 0.631. The molecule has 0 amide bonds. The summed E-state index contributed by atoms with van der Waals surface area (Å²) in [6.07, 6.45) is 0.518. The van der Waals surface area contributed by atoms with E-state index >= 15 is 0 Å². The largest absolute Gasteiger partial charge is 0.310 e. The lowest BCUT2D eigenvalue weighted by molar-refractivity contribution is 0.578. The van der Waals surface area contributed by atoms with Gasteiger partial charge in [0.1, 0.15) is 5.82 Å². The lowest BCUT2D eigenvalue weighted by Crippen LogP contribution is -2.24. The minimum absolute atomic E-state index is 0.136. The first-order chi connectivity index (χ1) is 9.54. The van der Waals surface area contributed by atoms with Crippen LogP contribution in [-0.2, 0) is 13.0 Å². The van der Waals surface area contributed by atoms with Crippen LogP contribution < -0.4 is 10.9 Å². The fraction of sp³-hybridized carbons (Fsp3) is 0.333. The van der Waals surface area contributed by atoms with Crippen molar-refractivity contribution in [3.63, 3.8) is 0 Å². The van der Waals surface area contributed by atoms with Gasteiger partial charge in [0.15, 0.2) is 0 Å². The van der Waals surface area contributed by atoms with E-state index in [4.69, 9.17) is 11.6 Å². The third-order valence-electron chi connectivity index (χ3n) is 2.85. The Morgan fingerprint density at radius 3 is 2.80 bits per heavy atom. The molecule has 5 heteroatoms. The van der Waals surface area contributed by atoms with Crippen molar-refractivity contribution >= 4 is 11.6 Å².